The molecule has 1 aliphatic heterocycles. The third-order valence-electron chi connectivity index (χ3n) is 5.06. The van der Waals surface area contributed by atoms with Crippen molar-refractivity contribution in [2.24, 2.45) is 23.5 Å². The Balaban J connectivity index is 1.57. The van der Waals surface area contributed by atoms with Gasteiger partial charge in [-0.05, 0) is 43.9 Å². The molecule has 1 saturated heterocycles. The molecule has 1 heterocycles. The maximum Gasteiger partial charge on any atom is 0.223 e. The lowest BCUT2D eigenvalue weighted by atomic mass is 9.65. The first-order valence-electron chi connectivity index (χ1n) is 7.37. The van der Waals surface area contributed by atoms with E-state index in [1.54, 1.807) is 0 Å². The van der Waals surface area contributed by atoms with Crippen LogP contribution in [-0.2, 0) is 9.53 Å². The fourth-order valence-electron chi connectivity index (χ4n) is 3.97. The molecule has 3 rings (SSSR count). The summed E-state index contributed by atoms with van der Waals surface area (Å²) >= 11 is 0. The summed E-state index contributed by atoms with van der Waals surface area (Å²) in [6.07, 6.45) is 6.69. The highest BCUT2D eigenvalue weighted by Crippen LogP contribution is 2.41. The summed E-state index contributed by atoms with van der Waals surface area (Å²) in [5.41, 5.74) is 6.26. The summed E-state index contributed by atoms with van der Waals surface area (Å²) in [4.78, 5) is 12.3. The van der Waals surface area contributed by atoms with Crippen molar-refractivity contribution in [1.82, 2.24) is 5.32 Å². The molecular formula is C14H24N2O2. The predicted octanol–water partition coefficient (Wildman–Crippen LogP) is 1.05. The van der Waals surface area contributed by atoms with Gasteiger partial charge in [0.1, 0.15) is 0 Å². The van der Waals surface area contributed by atoms with Crippen molar-refractivity contribution < 1.29 is 9.53 Å². The molecule has 4 nitrogen and oxygen atoms in total. The molecule has 0 spiro atoms. The first kappa shape index (κ1) is 12.4. The molecule has 0 radical (unpaired) electrons. The van der Waals surface area contributed by atoms with Crippen LogP contribution in [0.4, 0.5) is 0 Å². The highest BCUT2D eigenvalue weighted by molar-refractivity contribution is 5.79. The van der Waals surface area contributed by atoms with Gasteiger partial charge < -0.3 is 15.8 Å². The van der Waals surface area contributed by atoms with Crippen LogP contribution in [0, 0.1) is 17.8 Å². The maximum absolute atomic E-state index is 12.3. The highest BCUT2D eigenvalue weighted by Gasteiger charge is 2.40. The number of ether oxygens (including phenoxy) is 1. The molecule has 0 aromatic carbocycles. The molecule has 2 saturated carbocycles. The molecule has 3 fully saturated rings. The Kier molecular flexibility index (Phi) is 3.57. The summed E-state index contributed by atoms with van der Waals surface area (Å²) in [5.74, 6) is 1.59. The van der Waals surface area contributed by atoms with Crippen LogP contribution in [0.3, 0.4) is 0 Å². The normalized spacial score (nSPS) is 43.7. The standard InChI is InChI=1S/C14H24N2O2/c15-13-9-2-1-3-10(13)7-11(6-9)14(17)16-12-4-5-18-8-12/h9-13H,1-8,15H2,(H,16,17). The summed E-state index contributed by atoms with van der Waals surface area (Å²) < 4.78 is 5.30. The quantitative estimate of drug-likeness (QED) is 0.772. The van der Waals surface area contributed by atoms with E-state index in [0.29, 0.717) is 24.5 Å². The first-order valence-corrected chi connectivity index (χ1v) is 7.37. The molecule has 1 amide bonds. The SMILES string of the molecule is NC1C2CCCC1CC(C(=O)NC1CCOC1)C2. The lowest BCUT2D eigenvalue weighted by molar-refractivity contribution is -0.128. The average molecular weight is 252 g/mol. The van der Waals surface area contributed by atoms with E-state index >= 15 is 0 Å². The molecule has 3 unspecified atom stereocenters. The number of carbonyl (C=O) groups is 1. The van der Waals surface area contributed by atoms with Gasteiger partial charge >= 0.3 is 0 Å². The van der Waals surface area contributed by atoms with Gasteiger partial charge in [0.2, 0.25) is 5.91 Å². The summed E-state index contributed by atoms with van der Waals surface area (Å²) in [6, 6.07) is 0.588. The number of hydrogen-bond donors (Lipinski definition) is 2. The van der Waals surface area contributed by atoms with Crippen LogP contribution in [0.15, 0.2) is 0 Å². The van der Waals surface area contributed by atoms with E-state index in [0.717, 1.165) is 25.9 Å². The molecule has 2 bridgehead atoms. The van der Waals surface area contributed by atoms with Gasteiger partial charge in [0, 0.05) is 18.6 Å². The Morgan fingerprint density at radius 2 is 1.89 bits per heavy atom. The molecule has 0 aromatic heterocycles. The monoisotopic (exact) mass is 252 g/mol. The lowest BCUT2D eigenvalue weighted by Crippen LogP contribution is -2.50. The molecule has 3 N–H and O–H groups in total. The zero-order chi connectivity index (χ0) is 12.5. The number of nitrogens with two attached hydrogens (primary N) is 1. The Morgan fingerprint density at radius 3 is 2.50 bits per heavy atom. The van der Waals surface area contributed by atoms with Crippen molar-refractivity contribution in [2.75, 3.05) is 13.2 Å². The van der Waals surface area contributed by atoms with E-state index in [4.69, 9.17) is 10.5 Å². The second kappa shape index (κ2) is 5.17. The summed E-state index contributed by atoms with van der Waals surface area (Å²) in [6.45, 7) is 1.47. The third-order valence-corrected chi connectivity index (χ3v) is 5.06. The number of nitrogens with one attached hydrogen (secondary N) is 1. The smallest absolute Gasteiger partial charge is 0.223 e. The van der Waals surface area contributed by atoms with E-state index in [9.17, 15) is 4.79 Å². The number of carbonyl (C=O) groups excluding carboxylic acids is 1. The third kappa shape index (κ3) is 2.41. The van der Waals surface area contributed by atoms with Gasteiger partial charge in [-0.25, -0.2) is 0 Å². The van der Waals surface area contributed by atoms with Crippen LogP contribution >= 0.6 is 0 Å². The zero-order valence-electron chi connectivity index (χ0n) is 10.9. The molecular weight excluding hydrogens is 228 g/mol. The van der Waals surface area contributed by atoms with E-state index < -0.39 is 0 Å². The minimum atomic E-state index is 0.195. The molecule has 0 aromatic rings. The van der Waals surface area contributed by atoms with Gasteiger partial charge in [0.05, 0.1) is 12.6 Å². The van der Waals surface area contributed by atoms with Gasteiger partial charge in [-0.2, -0.15) is 0 Å². The van der Waals surface area contributed by atoms with Crippen molar-refractivity contribution in [3.8, 4) is 0 Å². The topological polar surface area (TPSA) is 64.4 Å². The molecule has 3 atom stereocenters. The van der Waals surface area contributed by atoms with Crippen LogP contribution in [0.1, 0.15) is 38.5 Å². The first-order chi connectivity index (χ1) is 8.74. The zero-order valence-corrected chi connectivity index (χ0v) is 10.9. The largest absolute Gasteiger partial charge is 0.379 e. The Hall–Kier alpha value is -0.610. The Labute approximate surface area is 109 Å². The molecule has 3 aliphatic rings. The van der Waals surface area contributed by atoms with E-state index in [1.807, 2.05) is 0 Å². The summed E-state index contributed by atoms with van der Waals surface area (Å²) in [7, 11) is 0. The number of hydrogen-bond acceptors (Lipinski definition) is 3. The number of amides is 1. The van der Waals surface area contributed by atoms with E-state index in [-0.39, 0.29) is 17.9 Å². The molecule has 18 heavy (non-hydrogen) atoms. The lowest BCUT2D eigenvalue weighted by Gasteiger charge is -2.43. The van der Waals surface area contributed by atoms with Crippen molar-refractivity contribution in [3.05, 3.63) is 0 Å². The van der Waals surface area contributed by atoms with Crippen LogP contribution in [0.2, 0.25) is 0 Å². The van der Waals surface area contributed by atoms with Crippen molar-refractivity contribution >= 4 is 5.91 Å². The second-order valence-corrected chi connectivity index (χ2v) is 6.27. The van der Waals surface area contributed by atoms with E-state index in [2.05, 4.69) is 5.32 Å². The Morgan fingerprint density at radius 1 is 1.17 bits per heavy atom. The van der Waals surface area contributed by atoms with Crippen LogP contribution in [0.25, 0.3) is 0 Å². The maximum atomic E-state index is 12.3. The fraction of sp³-hybridized carbons (Fsp3) is 0.929. The van der Waals surface area contributed by atoms with E-state index in [1.165, 1.54) is 19.3 Å². The van der Waals surface area contributed by atoms with Crippen LogP contribution in [-0.4, -0.2) is 31.2 Å². The number of fused-ring (bicyclic) bond motifs is 2. The van der Waals surface area contributed by atoms with Crippen LogP contribution in [0.5, 0.6) is 0 Å². The average Bonchev–Trinajstić information content (AvgIpc) is 2.81. The van der Waals surface area contributed by atoms with Gasteiger partial charge in [0.25, 0.3) is 0 Å². The Bertz CT molecular complexity index is 301. The summed E-state index contributed by atoms with van der Waals surface area (Å²) in [5, 5.41) is 3.15. The van der Waals surface area contributed by atoms with Gasteiger partial charge in [-0.15, -0.1) is 0 Å². The molecule has 102 valence electrons. The van der Waals surface area contributed by atoms with Crippen molar-refractivity contribution in [1.29, 1.82) is 0 Å². The molecule has 4 heteroatoms. The highest BCUT2D eigenvalue weighted by atomic mass is 16.5. The molecule has 2 aliphatic carbocycles. The van der Waals surface area contributed by atoms with Crippen molar-refractivity contribution in [3.63, 3.8) is 0 Å². The number of rotatable bonds is 2. The minimum absolute atomic E-state index is 0.195. The van der Waals surface area contributed by atoms with Gasteiger partial charge in [-0.1, -0.05) is 6.42 Å². The van der Waals surface area contributed by atoms with Crippen LogP contribution < -0.4 is 11.1 Å². The minimum Gasteiger partial charge on any atom is -0.379 e. The fourth-order valence-corrected chi connectivity index (χ4v) is 3.97. The second-order valence-electron chi connectivity index (χ2n) is 6.27. The van der Waals surface area contributed by atoms with Crippen molar-refractivity contribution in [2.45, 2.75) is 50.6 Å². The predicted molar refractivity (Wildman–Crippen MR) is 68.9 cm³/mol. The van der Waals surface area contributed by atoms with Gasteiger partial charge in [0.15, 0.2) is 0 Å². The van der Waals surface area contributed by atoms with Gasteiger partial charge in [-0.3, -0.25) is 4.79 Å².